The van der Waals surface area contributed by atoms with Gasteiger partial charge in [0.2, 0.25) is 0 Å². The molecule has 1 fully saturated rings. The summed E-state index contributed by atoms with van der Waals surface area (Å²) in [5.41, 5.74) is 1.30. The van der Waals surface area contributed by atoms with Crippen molar-refractivity contribution in [3.8, 4) is 0 Å². The molecule has 0 N–H and O–H groups in total. The molecule has 0 spiro atoms. The Balaban J connectivity index is 2.04. The molecular formula is C12H17NO. The minimum absolute atomic E-state index is 0.268. The molecule has 0 saturated carbocycles. The Morgan fingerprint density at radius 1 is 1.36 bits per heavy atom. The highest BCUT2D eigenvalue weighted by molar-refractivity contribution is 5.18. The van der Waals surface area contributed by atoms with Crippen molar-refractivity contribution >= 4 is 0 Å². The molecule has 1 aromatic rings. The van der Waals surface area contributed by atoms with Gasteiger partial charge in [0.25, 0.3) is 0 Å². The van der Waals surface area contributed by atoms with Crippen molar-refractivity contribution in [3.05, 3.63) is 35.9 Å². The Kier molecular flexibility index (Phi) is 3.17. The average molecular weight is 191 g/mol. The first kappa shape index (κ1) is 9.69. The molecule has 0 amide bonds. The van der Waals surface area contributed by atoms with Crippen LogP contribution in [0.5, 0.6) is 0 Å². The normalized spacial score (nSPS) is 23.6. The van der Waals surface area contributed by atoms with Gasteiger partial charge in [-0.15, -0.1) is 0 Å². The van der Waals surface area contributed by atoms with Crippen LogP contribution in [0.2, 0.25) is 0 Å². The molecule has 2 rings (SSSR count). The molecule has 0 radical (unpaired) electrons. The van der Waals surface area contributed by atoms with E-state index in [0.29, 0.717) is 0 Å². The number of nitrogens with zero attached hydrogens (tertiary/aromatic N) is 1. The predicted octanol–water partition coefficient (Wildman–Crippen LogP) is 2.08. The summed E-state index contributed by atoms with van der Waals surface area (Å²) in [6.07, 6.45) is 0.268. The number of morpholine rings is 1. The van der Waals surface area contributed by atoms with Crippen LogP contribution in [0.25, 0.3) is 0 Å². The van der Waals surface area contributed by atoms with Crippen LogP contribution in [0.4, 0.5) is 0 Å². The van der Waals surface area contributed by atoms with Crippen LogP contribution in [-0.2, 0) is 4.74 Å². The van der Waals surface area contributed by atoms with Gasteiger partial charge in [0.1, 0.15) is 0 Å². The molecule has 0 unspecified atom stereocenters. The second kappa shape index (κ2) is 4.58. The van der Waals surface area contributed by atoms with Gasteiger partial charge in [-0.25, -0.2) is 0 Å². The molecule has 1 atom stereocenters. The van der Waals surface area contributed by atoms with Crippen LogP contribution in [0.15, 0.2) is 30.3 Å². The minimum Gasteiger partial charge on any atom is -0.371 e. The zero-order valence-electron chi connectivity index (χ0n) is 8.65. The number of rotatable bonds is 2. The fourth-order valence-electron chi connectivity index (χ4n) is 1.86. The van der Waals surface area contributed by atoms with E-state index in [0.717, 1.165) is 26.2 Å². The van der Waals surface area contributed by atoms with Gasteiger partial charge in [0.15, 0.2) is 0 Å². The van der Waals surface area contributed by atoms with E-state index in [9.17, 15) is 0 Å². The Bertz CT molecular complexity index is 273. The number of benzene rings is 1. The van der Waals surface area contributed by atoms with Crippen molar-refractivity contribution < 1.29 is 4.74 Å². The first-order chi connectivity index (χ1) is 6.90. The van der Waals surface area contributed by atoms with Crippen LogP contribution < -0.4 is 0 Å². The zero-order chi connectivity index (χ0) is 9.80. The Morgan fingerprint density at radius 2 is 2.14 bits per heavy atom. The smallest absolute Gasteiger partial charge is 0.0952 e. The highest BCUT2D eigenvalue weighted by atomic mass is 16.5. The quantitative estimate of drug-likeness (QED) is 0.709. The fourth-order valence-corrected chi connectivity index (χ4v) is 1.86. The van der Waals surface area contributed by atoms with E-state index in [2.05, 4.69) is 36.1 Å². The third-order valence-corrected chi connectivity index (χ3v) is 2.77. The van der Waals surface area contributed by atoms with E-state index < -0.39 is 0 Å². The maximum Gasteiger partial charge on any atom is 0.0952 e. The molecule has 0 bridgehead atoms. The first-order valence-corrected chi connectivity index (χ1v) is 5.29. The summed E-state index contributed by atoms with van der Waals surface area (Å²) in [7, 11) is 0. The lowest BCUT2D eigenvalue weighted by Gasteiger charge is -2.32. The molecule has 14 heavy (non-hydrogen) atoms. The minimum atomic E-state index is 0.268. The van der Waals surface area contributed by atoms with Crippen molar-refractivity contribution in [3.63, 3.8) is 0 Å². The van der Waals surface area contributed by atoms with Crippen LogP contribution >= 0.6 is 0 Å². The molecule has 1 saturated heterocycles. The molecule has 76 valence electrons. The molecule has 2 heteroatoms. The van der Waals surface area contributed by atoms with Gasteiger partial charge in [-0.2, -0.15) is 0 Å². The highest BCUT2D eigenvalue weighted by Gasteiger charge is 2.20. The predicted molar refractivity (Wildman–Crippen MR) is 57.2 cm³/mol. The number of likely N-dealkylation sites (N-methyl/N-ethyl adjacent to an activating group) is 1. The van der Waals surface area contributed by atoms with Gasteiger partial charge in [-0.05, 0) is 12.1 Å². The van der Waals surface area contributed by atoms with Gasteiger partial charge < -0.3 is 4.74 Å². The monoisotopic (exact) mass is 191 g/mol. The molecular weight excluding hydrogens is 174 g/mol. The molecule has 1 heterocycles. The topological polar surface area (TPSA) is 12.5 Å². The molecule has 0 aliphatic carbocycles. The summed E-state index contributed by atoms with van der Waals surface area (Å²) >= 11 is 0. The van der Waals surface area contributed by atoms with Gasteiger partial charge >= 0.3 is 0 Å². The summed E-state index contributed by atoms with van der Waals surface area (Å²) < 4.78 is 5.75. The number of hydrogen-bond acceptors (Lipinski definition) is 2. The summed E-state index contributed by atoms with van der Waals surface area (Å²) in [4.78, 5) is 2.43. The van der Waals surface area contributed by atoms with Crippen molar-refractivity contribution in [2.45, 2.75) is 13.0 Å². The molecule has 1 aliphatic rings. The van der Waals surface area contributed by atoms with Crippen molar-refractivity contribution in [2.24, 2.45) is 0 Å². The number of hydrogen-bond donors (Lipinski definition) is 0. The molecule has 1 aromatic carbocycles. The third kappa shape index (κ3) is 2.14. The van der Waals surface area contributed by atoms with E-state index in [1.807, 2.05) is 6.07 Å². The second-order valence-electron chi connectivity index (χ2n) is 3.66. The molecule has 2 nitrogen and oxygen atoms in total. The maximum atomic E-state index is 5.75. The first-order valence-electron chi connectivity index (χ1n) is 5.29. The van der Waals surface area contributed by atoms with Crippen LogP contribution in [0.1, 0.15) is 18.6 Å². The maximum absolute atomic E-state index is 5.75. The summed E-state index contributed by atoms with van der Waals surface area (Å²) in [5.74, 6) is 0. The van der Waals surface area contributed by atoms with E-state index >= 15 is 0 Å². The van der Waals surface area contributed by atoms with Gasteiger partial charge in [-0.3, -0.25) is 4.90 Å². The summed E-state index contributed by atoms with van der Waals surface area (Å²) in [5, 5.41) is 0. The fraction of sp³-hybridized carbons (Fsp3) is 0.500. The third-order valence-electron chi connectivity index (χ3n) is 2.77. The van der Waals surface area contributed by atoms with Gasteiger partial charge in [-0.1, -0.05) is 37.3 Å². The summed E-state index contributed by atoms with van der Waals surface area (Å²) in [6.45, 7) is 6.27. The summed E-state index contributed by atoms with van der Waals surface area (Å²) in [6, 6.07) is 10.5. The lowest BCUT2D eigenvalue weighted by Crippen LogP contribution is -2.37. The van der Waals surface area contributed by atoms with E-state index in [-0.39, 0.29) is 6.10 Å². The van der Waals surface area contributed by atoms with Crippen molar-refractivity contribution in [1.82, 2.24) is 4.90 Å². The second-order valence-corrected chi connectivity index (χ2v) is 3.66. The Hall–Kier alpha value is -0.860. The molecule has 0 aromatic heterocycles. The van der Waals surface area contributed by atoms with E-state index in [1.165, 1.54) is 5.56 Å². The Labute approximate surface area is 85.5 Å². The van der Waals surface area contributed by atoms with Gasteiger partial charge in [0, 0.05) is 13.1 Å². The molecule has 1 aliphatic heterocycles. The van der Waals surface area contributed by atoms with Crippen LogP contribution in [0.3, 0.4) is 0 Å². The SMILES string of the molecule is CCN1CCO[C@H](c2ccccc2)C1. The number of ether oxygens (including phenoxy) is 1. The van der Waals surface area contributed by atoms with Crippen LogP contribution in [-0.4, -0.2) is 31.1 Å². The lowest BCUT2D eigenvalue weighted by molar-refractivity contribution is -0.0281. The average Bonchev–Trinajstić information content (AvgIpc) is 2.30. The largest absolute Gasteiger partial charge is 0.371 e. The highest BCUT2D eigenvalue weighted by Crippen LogP contribution is 2.21. The zero-order valence-corrected chi connectivity index (χ0v) is 8.65. The van der Waals surface area contributed by atoms with E-state index in [4.69, 9.17) is 4.74 Å². The standard InChI is InChI=1S/C12H17NO/c1-2-13-8-9-14-12(10-13)11-6-4-3-5-7-11/h3-7,12H,2,8-10H2,1H3/t12-/m0/s1. The van der Waals surface area contributed by atoms with Crippen LogP contribution in [0, 0.1) is 0 Å². The lowest BCUT2D eigenvalue weighted by atomic mass is 10.1. The Morgan fingerprint density at radius 3 is 2.86 bits per heavy atom. The van der Waals surface area contributed by atoms with Gasteiger partial charge in [0.05, 0.1) is 12.7 Å². The van der Waals surface area contributed by atoms with Crippen molar-refractivity contribution in [2.75, 3.05) is 26.2 Å². The van der Waals surface area contributed by atoms with E-state index in [1.54, 1.807) is 0 Å². The van der Waals surface area contributed by atoms with Crippen molar-refractivity contribution in [1.29, 1.82) is 0 Å².